The molecule has 1 aliphatic carbocycles. The van der Waals surface area contributed by atoms with E-state index in [1.165, 1.54) is 12.8 Å². The number of benzene rings is 2. The van der Waals surface area contributed by atoms with E-state index in [9.17, 15) is 0 Å². The van der Waals surface area contributed by atoms with E-state index in [0.29, 0.717) is 12.6 Å². The van der Waals surface area contributed by atoms with E-state index in [1.54, 1.807) is 7.11 Å². The van der Waals surface area contributed by atoms with Gasteiger partial charge in [0.25, 0.3) is 0 Å². The summed E-state index contributed by atoms with van der Waals surface area (Å²) in [6, 6.07) is 16.2. The normalized spacial score (nSPS) is 14.3. The first-order valence-corrected chi connectivity index (χ1v) is 11.3. The van der Waals surface area contributed by atoms with Crippen molar-refractivity contribution in [2.75, 3.05) is 7.11 Å². The fourth-order valence-corrected chi connectivity index (χ4v) is 4.42. The van der Waals surface area contributed by atoms with Gasteiger partial charge in [-0.25, -0.2) is 0 Å². The zero-order valence-electron chi connectivity index (χ0n) is 18.6. The maximum atomic E-state index is 6.23. The summed E-state index contributed by atoms with van der Waals surface area (Å²) in [6.45, 7) is 1.41. The van der Waals surface area contributed by atoms with E-state index in [4.69, 9.17) is 13.9 Å². The maximum Gasteiger partial charge on any atom is 0.161 e. The summed E-state index contributed by atoms with van der Waals surface area (Å²) in [5, 5.41) is 9.27. The zero-order chi connectivity index (χ0) is 21.9. The van der Waals surface area contributed by atoms with Gasteiger partial charge in [0.1, 0.15) is 11.3 Å². The van der Waals surface area contributed by atoms with E-state index < -0.39 is 0 Å². The molecule has 32 heavy (non-hydrogen) atoms. The van der Waals surface area contributed by atoms with Crippen molar-refractivity contribution in [3.05, 3.63) is 65.9 Å². The third kappa shape index (κ3) is 4.36. The fourth-order valence-electron chi connectivity index (χ4n) is 4.42. The van der Waals surface area contributed by atoms with Gasteiger partial charge in [-0.3, -0.25) is 4.68 Å². The Morgan fingerprint density at radius 2 is 1.91 bits per heavy atom. The number of methoxy groups -OCH3 is 1. The molecule has 0 atom stereocenters. The molecule has 2 heterocycles. The number of hydrogen-bond donors (Lipinski definition) is 1. The largest absolute Gasteiger partial charge is 0.493 e. The number of aromatic nitrogens is 2. The van der Waals surface area contributed by atoms with Gasteiger partial charge in [0.05, 0.1) is 13.2 Å². The van der Waals surface area contributed by atoms with Crippen molar-refractivity contribution < 1.29 is 13.9 Å². The first kappa shape index (κ1) is 20.6. The van der Waals surface area contributed by atoms with Crippen LogP contribution >= 0.6 is 0 Å². The zero-order valence-corrected chi connectivity index (χ0v) is 18.6. The highest BCUT2D eigenvalue weighted by atomic mass is 16.5. The Balaban J connectivity index is 1.28. The lowest BCUT2D eigenvalue weighted by Gasteiger charge is -2.17. The van der Waals surface area contributed by atoms with Crippen LogP contribution in [-0.4, -0.2) is 23.0 Å². The average Bonchev–Trinajstić information content (AvgIpc) is 3.53. The van der Waals surface area contributed by atoms with E-state index in [-0.39, 0.29) is 0 Å². The Kier molecular flexibility index (Phi) is 5.86. The molecule has 0 bridgehead atoms. The average molecular weight is 432 g/mol. The number of aryl methyl sites for hydroxylation is 1. The minimum atomic E-state index is 0.300. The van der Waals surface area contributed by atoms with Crippen LogP contribution in [0.2, 0.25) is 0 Å². The monoisotopic (exact) mass is 431 g/mol. The van der Waals surface area contributed by atoms with Crippen molar-refractivity contribution in [3.63, 3.8) is 0 Å². The van der Waals surface area contributed by atoms with Crippen LogP contribution in [0.25, 0.3) is 22.4 Å². The van der Waals surface area contributed by atoms with Gasteiger partial charge in [0.15, 0.2) is 17.3 Å². The maximum absolute atomic E-state index is 6.23. The lowest BCUT2D eigenvalue weighted by molar-refractivity contribution is 0.200. The quantitative estimate of drug-likeness (QED) is 0.402. The minimum Gasteiger partial charge on any atom is -0.493 e. The number of rotatable bonds is 8. The highest BCUT2D eigenvalue weighted by molar-refractivity contribution is 5.82. The van der Waals surface area contributed by atoms with Gasteiger partial charge in [-0.2, -0.15) is 5.10 Å². The summed E-state index contributed by atoms with van der Waals surface area (Å²) in [5.41, 5.74) is 4.01. The summed E-state index contributed by atoms with van der Waals surface area (Å²) < 4.78 is 19.6. The van der Waals surface area contributed by atoms with Crippen LogP contribution in [0.3, 0.4) is 0 Å². The third-order valence-electron chi connectivity index (χ3n) is 6.03. The molecular weight excluding hydrogens is 402 g/mol. The van der Waals surface area contributed by atoms with Gasteiger partial charge >= 0.3 is 0 Å². The second kappa shape index (κ2) is 9.09. The van der Waals surface area contributed by atoms with E-state index in [0.717, 1.165) is 64.4 Å². The van der Waals surface area contributed by atoms with Gasteiger partial charge in [-0.05, 0) is 55.5 Å². The minimum absolute atomic E-state index is 0.300. The number of hydrogen-bond acceptors (Lipinski definition) is 5. The van der Waals surface area contributed by atoms with Crippen molar-refractivity contribution in [2.24, 2.45) is 7.05 Å². The van der Waals surface area contributed by atoms with Crippen molar-refractivity contribution in [2.45, 2.75) is 44.9 Å². The molecule has 5 rings (SSSR count). The predicted octanol–water partition coefficient (Wildman–Crippen LogP) is 5.45. The molecule has 0 radical (unpaired) electrons. The molecule has 1 aliphatic rings. The van der Waals surface area contributed by atoms with Crippen LogP contribution in [-0.2, 0) is 20.1 Å². The first-order chi connectivity index (χ1) is 15.7. The summed E-state index contributed by atoms with van der Waals surface area (Å²) in [5.74, 6) is 2.42. The summed E-state index contributed by atoms with van der Waals surface area (Å²) in [6.07, 6.45) is 7.07. The molecule has 166 valence electrons. The lowest BCUT2D eigenvalue weighted by Crippen LogP contribution is -2.14. The molecule has 2 aromatic carbocycles. The van der Waals surface area contributed by atoms with Crippen LogP contribution in [0.15, 0.2) is 59.1 Å². The summed E-state index contributed by atoms with van der Waals surface area (Å²) in [4.78, 5) is 0. The molecule has 1 N–H and O–H groups in total. The van der Waals surface area contributed by atoms with Crippen LogP contribution < -0.4 is 14.8 Å². The Hall–Kier alpha value is -3.25. The van der Waals surface area contributed by atoms with Crippen molar-refractivity contribution in [1.82, 2.24) is 15.1 Å². The molecule has 1 saturated carbocycles. The lowest BCUT2D eigenvalue weighted by atomic mass is 10.1. The topological polar surface area (TPSA) is 61.5 Å². The van der Waals surface area contributed by atoms with Gasteiger partial charge in [-0.15, -0.1) is 0 Å². The molecule has 0 spiro atoms. The highest BCUT2D eigenvalue weighted by Gasteiger charge is 2.19. The predicted molar refractivity (Wildman–Crippen MR) is 125 cm³/mol. The van der Waals surface area contributed by atoms with Crippen LogP contribution in [0.4, 0.5) is 0 Å². The van der Waals surface area contributed by atoms with Crippen molar-refractivity contribution >= 4 is 11.0 Å². The van der Waals surface area contributed by atoms with E-state index in [2.05, 4.69) is 34.7 Å². The number of furan rings is 1. The van der Waals surface area contributed by atoms with Crippen LogP contribution in [0.1, 0.15) is 36.8 Å². The van der Waals surface area contributed by atoms with E-state index >= 15 is 0 Å². The van der Waals surface area contributed by atoms with Crippen molar-refractivity contribution in [3.8, 4) is 23.0 Å². The molecule has 6 nitrogen and oxygen atoms in total. The van der Waals surface area contributed by atoms with E-state index in [1.807, 2.05) is 42.2 Å². The van der Waals surface area contributed by atoms with Gasteiger partial charge < -0.3 is 19.2 Å². The van der Waals surface area contributed by atoms with Gasteiger partial charge in [0.2, 0.25) is 0 Å². The Labute approximate surface area is 188 Å². The second-order valence-electron chi connectivity index (χ2n) is 8.44. The smallest absolute Gasteiger partial charge is 0.161 e. The number of nitrogens with one attached hydrogen (secondary N) is 1. The standard InChI is InChI=1S/C26H29N3O3/c1-29-17-20(26(28-29)25-14-19-7-3-6-10-22(19)32-25)16-27-15-18-11-12-23(30-2)24(13-18)31-21-8-4-5-9-21/h3,6-7,10-14,17,21,27H,4-5,8-9,15-16H2,1-2H3. The summed E-state index contributed by atoms with van der Waals surface area (Å²) >= 11 is 0. The molecule has 0 saturated heterocycles. The highest BCUT2D eigenvalue weighted by Crippen LogP contribution is 2.33. The number of fused-ring (bicyclic) bond motifs is 1. The molecular formula is C26H29N3O3. The SMILES string of the molecule is COc1ccc(CNCc2cn(C)nc2-c2cc3ccccc3o2)cc1OC1CCCC1. The van der Waals surface area contributed by atoms with Gasteiger partial charge in [0, 0.05) is 37.3 Å². The molecule has 4 aromatic rings. The molecule has 1 fully saturated rings. The Bertz CT molecular complexity index is 1170. The Morgan fingerprint density at radius 3 is 2.72 bits per heavy atom. The third-order valence-corrected chi connectivity index (χ3v) is 6.03. The number of para-hydroxylation sites is 1. The van der Waals surface area contributed by atoms with Gasteiger partial charge in [-0.1, -0.05) is 24.3 Å². The molecule has 0 amide bonds. The molecule has 2 aromatic heterocycles. The molecule has 0 aliphatic heterocycles. The number of ether oxygens (including phenoxy) is 2. The fraction of sp³-hybridized carbons (Fsp3) is 0.346. The van der Waals surface area contributed by atoms with Crippen LogP contribution in [0.5, 0.6) is 11.5 Å². The molecule has 0 unspecified atom stereocenters. The van der Waals surface area contributed by atoms with Crippen LogP contribution in [0, 0.1) is 0 Å². The first-order valence-electron chi connectivity index (χ1n) is 11.3. The summed E-state index contributed by atoms with van der Waals surface area (Å²) in [7, 11) is 3.63. The second-order valence-corrected chi connectivity index (χ2v) is 8.44. The Morgan fingerprint density at radius 1 is 1.06 bits per heavy atom. The molecule has 6 heteroatoms. The van der Waals surface area contributed by atoms with Crippen molar-refractivity contribution in [1.29, 1.82) is 0 Å². The number of nitrogens with zero attached hydrogens (tertiary/aromatic N) is 2.